The summed E-state index contributed by atoms with van der Waals surface area (Å²) in [6, 6.07) is 11.1. The fourth-order valence-electron chi connectivity index (χ4n) is 4.00. The van der Waals surface area contributed by atoms with Crippen LogP contribution in [0.1, 0.15) is 63.3 Å². The SMILES string of the molecule is CC(C)Oc1c(Cl)cc(C=Nn2c(C3CCCCC3)nc3ccccc3c2=O)cc1Br. The van der Waals surface area contributed by atoms with E-state index in [0.29, 0.717) is 16.2 Å². The number of aromatic nitrogens is 2. The zero-order valence-electron chi connectivity index (χ0n) is 17.6. The number of para-hydroxylation sites is 1. The molecule has 0 saturated heterocycles. The van der Waals surface area contributed by atoms with Gasteiger partial charge < -0.3 is 4.74 Å². The van der Waals surface area contributed by atoms with Gasteiger partial charge in [-0.3, -0.25) is 4.79 Å². The van der Waals surface area contributed by atoms with Gasteiger partial charge >= 0.3 is 0 Å². The minimum Gasteiger partial charge on any atom is -0.488 e. The van der Waals surface area contributed by atoms with Crippen LogP contribution in [0.4, 0.5) is 0 Å². The molecule has 2 aromatic carbocycles. The van der Waals surface area contributed by atoms with Crippen LogP contribution in [-0.2, 0) is 0 Å². The molecule has 1 fully saturated rings. The van der Waals surface area contributed by atoms with Crippen molar-refractivity contribution in [3.63, 3.8) is 0 Å². The van der Waals surface area contributed by atoms with E-state index in [2.05, 4.69) is 21.0 Å². The number of fused-ring (bicyclic) bond motifs is 1. The molecule has 31 heavy (non-hydrogen) atoms. The van der Waals surface area contributed by atoms with E-state index in [1.807, 2.05) is 38.1 Å². The van der Waals surface area contributed by atoms with Crippen LogP contribution >= 0.6 is 27.5 Å². The van der Waals surface area contributed by atoms with Gasteiger partial charge in [0.1, 0.15) is 5.82 Å². The zero-order chi connectivity index (χ0) is 22.0. The molecule has 0 atom stereocenters. The summed E-state index contributed by atoms with van der Waals surface area (Å²) in [6.07, 6.45) is 7.24. The molecule has 0 bridgehead atoms. The largest absolute Gasteiger partial charge is 0.488 e. The topological polar surface area (TPSA) is 56.5 Å². The zero-order valence-corrected chi connectivity index (χ0v) is 20.0. The Morgan fingerprint density at radius 3 is 2.68 bits per heavy atom. The number of rotatable bonds is 5. The maximum atomic E-state index is 13.3. The quantitative estimate of drug-likeness (QED) is 0.373. The number of hydrogen-bond donors (Lipinski definition) is 0. The molecule has 3 aromatic rings. The minimum absolute atomic E-state index is 0.00798. The second-order valence-electron chi connectivity index (χ2n) is 8.16. The van der Waals surface area contributed by atoms with E-state index in [0.717, 1.165) is 47.1 Å². The Bertz CT molecular complexity index is 1160. The molecular weight excluding hydrogens is 478 g/mol. The second kappa shape index (κ2) is 9.53. The van der Waals surface area contributed by atoms with Crippen molar-refractivity contribution >= 4 is 44.6 Å². The highest BCUT2D eigenvalue weighted by molar-refractivity contribution is 9.10. The predicted octanol–water partition coefficient (Wildman–Crippen LogP) is 6.53. The van der Waals surface area contributed by atoms with Crippen molar-refractivity contribution in [1.29, 1.82) is 0 Å². The molecule has 4 rings (SSSR count). The highest BCUT2D eigenvalue weighted by atomic mass is 79.9. The number of nitrogens with zero attached hydrogens (tertiary/aromatic N) is 3. The highest BCUT2D eigenvalue weighted by Gasteiger charge is 2.22. The van der Waals surface area contributed by atoms with E-state index in [4.69, 9.17) is 21.3 Å². The maximum absolute atomic E-state index is 13.3. The van der Waals surface area contributed by atoms with Gasteiger partial charge in [0, 0.05) is 5.92 Å². The van der Waals surface area contributed by atoms with E-state index < -0.39 is 0 Å². The summed E-state index contributed by atoms with van der Waals surface area (Å²) in [6.45, 7) is 3.90. The molecule has 0 unspecified atom stereocenters. The van der Waals surface area contributed by atoms with Crippen LogP contribution < -0.4 is 10.3 Å². The van der Waals surface area contributed by atoms with Crippen molar-refractivity contribution < 1.29 is 4.74 Å². The van der Waals surface area contributed by atoms with Crippen LogP contribution in [0.2, 0.25) is 5.02 Å². The lowest BCUT2D eigenvalue weighted by atomic mass is 9.88. The molecule has 1 aliphatic carbocycles. The molecule has 162 valence electrons. The molecule has 1 aromatic heterocycles. The second-order valence-corrected chi connectivity index (χ2v) is 9.43. The van der Waals surface area contributed by atoms with Gasteiger partial charge in [-0.2, -0.15) is 9.78 Å². The minimum atomic E-state index is -0.146. The van der Waals surface area contributed by atoms with Crippen molar-refractivity contribution in [2.75, 3.05) is 0 Å². The lowest BCUT2D eigenvalue weighted by Gasteiger charge is -2.22. The Hall–Kier alpha value is -2.18. The third-order valence-corrected chi connectivity index (χ3v) is 6.32. The number of benzene rings is 2. The van der Waals surface area contributed by atoms with Crippen molar-refractivity contribution in [2.45, 2.75) is 58.0 Å². The van der Waals surface area contributed by atoms with Crippen LogP contribution in [0.5, 0.6) is 5.75 Å². The van der Waals surface area contributed by atoms with Crippen LogP contribution in [0.25, 0.3) is 10.9 Å². The van der Waals surface area contributed by atoms with Crippen LogP contribution in [-0.4, -0.2) is 22.0 Å². The molecule has 0 spiro atoms. The van der Waals surface area contributed by atoms with Gasteiger partial charge in [-0.1, -0.05) is 43.0 Å². The highest BCUT2D eigenvalue weighted by Crippen LogP contribution is 2.35. The Balaban J connectivity index is 1.77. The average Bonchev–Trinajstić information content (AvgIpc) is 2.76. The van der Waals surface area contributed by atoms with E-state index in [-0.39, 0.29) is 17.6 Å². The van der Waals surface area contributed by atoms with Crippen LogP contribution in [0, 0.1) is 0 Å². The van der Waals surface area contributed by atoms with Gasteiger partial charge in [-0.25, -0.2) is 4.98 Å². The molecule has 7 heteroatoms. The first-order chi connectivity index (χ1) is 14.9. The first-order valence-corrected chi connectivity index (χ1v) is 11.8. The summed E-state index contributed by atoms with van der Waals surface area (Å²) in [7, 11) is 0. The van der Waals surface area contributed by atoms with Crippen molar-refractivity contribution in [1.82, 2.24) is 9.66 Å². The molecule has 5 nitrogen and oxygen atoms in total. The standard InChI is InChI=1S/C24H25BrClN3O2/c1-15(2)31-22-19(25)12-16(13-20(22)26)14-27-29-23(17-8-4-3-5-9-17)28-21-11-7-6-10-18(21)24(29)30/h6-7,10-15,17H,3-5,8-9H2,1-2H3. The smallest absolute Gasteiger partial charge is 0.282 e. The normalized spacial score (nSPS) is 15.3. The molecule has 0 radical (unpaired) electrons. The summed E-state index contributed by atoms with van der Waals surface area (Å²) in [5.41, 5.74) is 1.34. The fraction of sp³-hybridized carbons (Fsp3) is 0.375. The predicted molar refractivity (Wildman–Crippen MR) is 130 cm³/mol. The van der Waals surface area contributed by atoms with Gasteiger partial charge in [0.2, 0.25) is 0 Å². The monoisotopic (exact) mass is 501 g/mol. The van der Waals surface area contributed by atoms with Gasteiger partial charge in [0.25, 0.3) is 5.56 Å². The van der Waals surface area contributed by atoms with Gasteiger partial charge in [0.05, 0.1) is 32.7 Å². The maximum Gasteiger partial charge on any atom is 0.282 e. The van der Waals surface area contributed by atoms with Crippen molar-refractivity contribution in [2.24, 2.45) is 5.10 Å². The summed E-state index contributed by atoms with van der Waals surface area (Å²) < 4.78 is 7.98. The summed E-state index contributed by atoms with van der Waals surface area (Å²) in [5.74, 6) is 1.58. The Morgan fingerprint density at radius 2 is 1.97 bits per heavy atom. The Morgan fingerprint density at radius 1 is 1.23 bits per heavy atom. The van der Waals surface area contributed by atoms with E-state index >= 15 is 0 Å². The lowest BCUT2D eigenvalue weighted by molar-refractivity contribution is 0.241. The molecule has 0 amide bonds. The lowest BCUT2D eigenvalue weighted by Crippen LogP contribution is -2.25. The number of halogens is 2. The molecule has 1 heterocycles. The summed E-state index contributed by atoms with van der Waals surface area (Å²) in [4.78, 5) is 18.1. The van der Waals surface area contributed by atoms with E-state index in [9.17, 15) is 4.79 Å². The third kappa shape index (κ3) is 4.85. The summed E-state index contributed by atoms with van der Waals surface area (Å²) in [5, 5.41) is 5.63. The Kier molecular flexibility index (Phi) is 6.77. The van der Waals surface area contributed by atoms with Crippen molar-refractivity contribution in [3.05, 3.63) is 67.6 Å². The average molecular weight is 503 g/mol. The molecule has 1 aliphatic rings. The number of hydrogen-bond acceptors (Lipinski definition) is 4. The Labute approximate surface area is 195 Å². The number of ether oxygens (including phenoxy) is 1. The van der Waals surface area contributed by atoms with Crippen LogP contribution in [0.3, 0.4) is 0 Å². The van der Waals surface area contributed by atoms with Gasteiger partial charge in [-0.15, -0.1) is 0 Å². The third-order valence-electron chi connectivity index (χ3n) is 5.45. The van der Waals surface area contributed by atoms with Gasteiger partial charge in [-0.05, 0) is 72.4 Å². The molecule has 0 N–H and O–H groups in total. The summed E-state index contributed by atoms with van der Waals surface area (Å²) >= 11 is 9.95. The van der Waals surface area contributed by atoms with E-state index in [1.165, 1.54) is 11.1 Å². The van der Waals surface area contributed by atoms with Gasteiger partial charge in [0.15, 0.2) is 5.75 Å². The molecule has 0 aliphatic heterocycles. The van der Waals surface area contributed by atoms with Crippen LogP contribution in [0.15, 0.2) is 50.8 Å². The van der Waals surface area contributed by atoms with Crippen molar-refractivity contribution in [3.8, 4) is 5.75 Å². The molecular formula is C24H25BrClN3O2. The van der Waals surface area contributed by atoms with E-state index in [1.54, 1.807) is 18.3 Å². The molecule has 1 saturated carbocycles. The fourth-order valence-corrected chi connectivity index (χ4v) is 4.96. The first-order valence-electron chi connectivity index (χ1n) is 10.7. The first kappa shape index (κ1) is 22.0.